The van der Waals surface area contributed by atoms with Crippen LogP contribution < -0.4 is 10.5 Å². The first-order valence-electron chi connectivity index (χ1n) is 13.2. The molecular formula is C27H34F3N7O. The Kier molecular flexibility index (Phi) is 7.47. The van der Waals surface area contributed by atoms with Gasteiger partial charge < -0.3 is 15.4 Å². The van der Waals surface area contributed by atoms with Crippen molar-refractivity contribution in [2.24, 2.45) is 5.92 Å². The van der Waals surface area contributed by atoms with Crippen molar-refractivity contribution in [3.8, 4) is 6.01 Å². The Morgan fingerprint density at radius 1 is 1.08 bits per heavy atom. The summed E-state index contributed by atoms with van der Waals surface area (Å²) in [6.45, 7) is 11.2. The van der Waals surface area contributed by atoms with Gasteiger partial charge in [-0.3, -0.25) is 9.47 Å². The lowest BCUT2D eigenvalue weighted by atomic mass is 9.91. The van der Waals surface area contributed by atoms with Gasteiger partial charge in [0, 0.05) is 55.2 Å². The second kappa shape index (κ2) is 10.8. The van der Waals surface area contributed by atoms with Crippen LogP contribution in [-0.4, -0.2) is 62.1 Å². The minimum atomic E-state index is -4.41. The summed E-state index contributed by atoms with van der Waals surface area (Å²) in [5.74, 6) is 0.734. The van der Waals surface area contributed by atoms with E-state index in [1.807, 2.05) is 11.5 Å². The Bertz CT molecular complexity index is 1260. The number of alkyl halides is 3. The highest BCUT2D eigenvalue weighted by atomic mass is 19.4. The average molecular weight is 530 g/mol. The van der Waals surface area contributed by atoms with E-state index in [0.29, 0.717) is 35.5 Å². The molecule has 5 rings (SSSR count). The molecule has 0 spiro atoms. The van der Waals surface area contributed by atoms with Crippen LogP contribution in [0.4, 0.5) is 19.1 Å². The Morgan fingerprint density at radius 2 is 1.76 bits per heavy atom. The van der Waals surface area contributed by atoms with Gasteiger partial charge in [0.25, 0.3) is 6.01 Å². The van der Waals surface area contributed by atoms with E-state index in [1.165, 1.54) is 11.8 Å². The maximum Gasteiger partial charge on any atom is 0.416 e. The number of rotatable bonds is 7. The summed E-state index contributed by atoms with van der Waals surface area (Å²) in [6.07, 6.45) is 2.97. The van der Waals surface area contributed by atoms with E-state index in [9.17, 15) is 13.2 Å². The number of halogens is 3. The van der Waals surface area contributed by atoms with E-state index in [0.717, 1.165) is 76.1 Å². The van der Waals surface area contributed by atoms with Crippen molar-refractivity contribution in [2.75, 3.05) is 38.5 Å². The number of ether oxygens (including phenoxy) is 1. The highest BCUT2D eigenvalue weighted by molar-refractivity contribution is 5.78. The molecule has 2 N–H and O–H groups in total. The summed E-state index contributed by atoms with van der Waals surface area (Å²) in [7, 11) is 0. The number of nitrogens with two attached hydrogens (primary N) is 1. The van der Waals surface area contributed by atoms with Crippen LogP contribution in [0.2, 0.25) is 0 Å². The van der Waals surface area contributed by atoms with Crippen molar-refractivity contribution in [3.05, 3.63) is 54.0 Å². The number of benzene rings is 1. The minimum absolute atomic E-state index is 0.103. The highest BCUT2D eigenvalue weighted by Gasteiger charge is 2.33. The molecule has 11 heteroatoms. The van der Waals surface area contributed by atoms with Crippen molar-refractivity contribution in [1.29, 1.82) is 0 Å². The molecule has 0 bridgehead atoms. The highest BCUT2D eigenvalue weighted by Crippen LogP contribution is 2.37. The number of nitrogens with zero attached hydrogens (tertiary/aromatic N) is 6. The summed E-state index contributed by atoms with van der Waals surface area (Å²) in [6, 6.07) is 4.24. The van der Waals surface area contributed by atoms with Crippen LogP contribution in [0.1, 0.15) is 49.8 Å². The van der Waals surface area contributed by atoms with Gasteiger partial charge in [0.1, 0.15) is 0 Å². The van der Waals surface area contributed by atoms with E-state index in [-0.39, 0.29) is 6.04 Å². The molecule has 0 aliphatic carbocycles. The lowest BCUT2D eigenvalue weighted by Crippen LogP contribution is -2.40. The third kappa shape index (κ3) is 5.57. The first-order chi connectivity index (χ1) is 18.2. The number of piperidine rings is 2. The van der Waals surface area contributed by atoms with Crippen molar-refractivity contribution in [2.45, 2.75) is 51.4 Å². The number of aromatic nitrogens is 4. The van der Waals surface area contributed by atoms with Crippen molar-refractivity contribution < 1.29 is 17.9 Å². The zero-order chi connectivity index (χ0) is 26.9. The molecule has 0 saturated carbocycles. The number of nitrogen functional groups attached to an aromatic ring is 1. The molecule has 2 aliphatic rings. The summed E-state index contributed by atoms with van der Waals surface area (Å²) >= 11 is 0. The molecule has 0 atom stereocenters. The van der Waals surface area contributed by atoms with Crippen LogP contribution in [-0.2, 0) is 12.7 Å². The van der Waals surface area contributed by atoms with Crippen LogP contribution in [0.3, 0.4) is 0 Å². The monoisotopic (exact) mass is 529 g/mol. The van der Waals surface area contributed by atoms with Gasteiger partial charge in [-0.1, -0.05) is 6.58 Å². The van der Waals surface area contributed by atoms with Crippen LogP contribution in [0, 0.1) is 5.92 Å². The number of fused-ring (bicyclic) bond motifs is 1. The fourth-order valence-corrected chi connectivity index (χ4v) is 5.64. The number of hydrogen-bond donors (Lipinski definition) is 1. The molecule has 8 nitrogen and oxygen atoms in total. The van der Waals surface area contributed by atoms with E-state index in [2.05, 4.69) is 31.3 Å². The first-order valence-corrected chi connectivity index (χ1v) is 13.2. The molecule has 1 aromatic carbocycles. The van der Waals surface area contributed by atoms with Crippen molar-refractivity contribution in [3.63, 3.8) is 0 Å². The predicted octanol–water partition coefficient (Wildman–Crippen LogP) is 4.89. The van der Waals surface area contributed by atoms with Gasteiger partial charge in [-0.05, 0) is 63.9 Å². The zero-order valence-electron chi connectivity index (χ0n) is 21.6. The lowest BCUT2D eigenvalue weighted by molar-refractivity contribution is -0.137. The first kappa shape index (κ1) is 26.3. The number of anilines is 1. The Balaban J connectivity index is 1.20. The fraction of sp³-hybridized carbons (Fsp3) is 0.519. The summed E-state index contributed by atoms with van der Waals surface area (Å²) < 4.78 is 47.5. The third-order valence-corrected chi connectivity index (χ3v) is 7.68. The number of imidazole rings is 1. The molecule has 2 aromatic heterocycles. The molecule has 2 fully saturated rings. The second-order valence-corrected chi connectivity index (χ2v) is 10.1. The molecule has 0 amide bonds. The van der Waals surface area contributed by atoms with Crippen molar-refractivity contribution >= 4 is 17.0 Å². The molecule has 2 saturated heterocycles. The molecule has 38 heavy (non-hydrogen) atoms. The van der Waals surface area contributed by atoms with Gasteiger partial charge in [0.15, 0.2) is 0 Å². The third-order valence-electron chi connectivity index (χ3n) is 7.68. The second-order valence-electron chi connectivity index (χ2n) is 10.1. The van der Waals surface area contributed by atoms with E-state index >= 15 is 0 Å². The number of hydrogen-bond acceptors (Lipinski definition) is 7. The SMILES string of the molecule is C=C(C1CCN(Cc2cnc(N)nc2)CC1)N1CCC(n2c(OCC)nc3cc(C(F)(F)F)ccc32)CC1. The standard InChI is InChI=1S/C27H34F3N7O/c1-3-38-26-34-23-14-21(27(28,29)30)4-5-24(23)37(26)22-8-12-36(13-9-22)18(2)20-6-10-35(11-7-20)17-19-15-32-25(31)33-16-19/h4-5,14-16,20,22H,2-3,6-13,17H2,1H3,(H2,31,32,33). The zero-order valence-corrected chi connectivity index (χ0v) is 21.6. The largest absolute Gasteiger partial charge is 0.465 e. The Labute approximate surface area is 220 Å². The summed E-state index contributed by atoms with van der Waals surface area (Å²) in [5, 5.41) is 0. The predicted molar refractivity (Wildman–Crippen MR) is 139 cm³/mol. The molecule has 0 unspecified atom stereocenters. The van der Waals surface area contributed by atoms with Gasteiger partial charge in [0.2, 0.25) is 5.95 Å². The summed E-state index contributed by atoms with van der Waals surface area (Å²) in [5.41, 5.74) is 8.13. The van der Waals surface area contributed by atoms with Gasteiger partial charge in [-0.2, -0.15) is 18.2 Å². The number of likely N-dealkylation sites (tertiary alicyclic amines) is 2. The molecular weight excluding hydrogens is 495 g/mol. The average Bonchev–Trinajstić information content (AvgIpc) is 3.27. The Morgan fingerprint density at radius 3 is 2.39 bits per heavy atom. The fourth-order valence-electron chi connectivity index (χ4n) is 5.64. The minimum Gasteiger partial charge on any atom is -0.465 e. The number of allylic oxidation sites excluding steroid dienone is 1. The molecule has 3 aromatic rings. The van der Waals surface area contributed by atoms with Crippen LogP contribution in [0.25, 0.3) is 11.0 Å². The van der Waals surface area contributed by atoms with Gasteiger partial charge in [-0.15, -0.1) is 0 Å². The maximum absolute atomic E-state index is 13.2. The van der Waals surface area contributed by atoms with Gasteiger partial charge in [-0.25, -0.2) is 9.97 Å². The molecule has 204 valence electrons. The normalized spacial score (nSPS) is 18.3. The van der Waals surface area contributed by atoms with Crippen molar-refractivity contribution in [1.82, 2.24) is 29.3 Å². The quantitative estimate of drug-likeness (QED) is 0.467. The van der Waals surface area contributed by atoms with Crippen LogP contribution in [0.15, 0.2) is 42.9 Å². The smallest absolute Gasteiger partial charge is 0.416 e. The van der Waals surface area contributed by atoms with E-state index in [1.54, 1.807) is 12.4 Å². The van der Waals surface area contributed by atoms with Gasteiger partial charge in [0.05, 0.1) is 23.2 Å². The Hall–Kier alpha value is -3.34. The van der Waals surface area contributed by atoms with Gasteiger partial charge >= 0.3 is 6.18 Å². The van der Waals surface area contributed by atoms with Crippen LogP contribution >= 0.6 is 0 Å². The van der Waals surface area contributed by atoms with Crippen LogP contribution in [0.5, 0.6) is 6.01 Å². The molecule has 0 radical (unpaired) electrons. The lowest BCUT2D eigenvalue weighted by Gasteiger charge is -2.40. The molecule has 4 heterocycles. The topological polar surface area (TPSA) is 85.3 Å². The van der Waals surface area contributed by atoms with E-state index in [4.69, 9.17) is 10.5 Å². The summed E-state index contributed by atoms with van der Waals surface area (Å²) in [4.78, 5) is 17.4. The maximum atomic E-state index is 13.2. The molecule has 2 aliphatic heterocycles. The van der Waals surface area contributed by atoms with E-state index < -0.39 is 11.7 Å².